The third-order valence-corrected chi connectivity index (χ3v) is 5.22. The fourth-order valence-corrected chi connectivity index (χ4v) is 3.95. The molecule has 0 aromatic carbocycles. The topological polar surface area (TPSA) is 24.9 Å². The SMILES string of the molecule is CNC(Cc1nc(C)cs1)C(C1CC1)C1CC1. The molecule has 1 heterocycles. The minimum absolute atomic E-state index is 0.653. The molecule has 1 unspecified atom stereocenters. The van der Waals surface area contributed by atoms with Gasteiger partial charge in [0.25, 0.3) is 0 Å². The van der Waals surface area contributed by atoms with Gasteiger partial charge in [-0.2, -0.15) is 0 Å². The molecule has 1 aromatic heterocycles. The molecule has 2 aliphatic carbocycles. The van der Waals surface area contributed by atoms with Crippen molar-refractivity contribution in [1.82, 2.24) is 10.3 Å². The van der Waals surface area contributed by atoms with E-state index in [4.69, 9.17) is 0 Å². The van der Waals surface area contributed by atoms with Crippen molar-refractivity contribution >= 4 is 11.3 Å². The third kappa shape index (κ3) is 2.71. The highest BCUT2D eigenvalue weighted by Crippen LogP contribution is 2.51. The molecule has 2 nitrogen and oxygen atoms in total. The van der Waals surface area contributed by atoms with E-state index in [1.807, 2.05) is 11.3 Å². The van der Waals surface area contributed by atoms with Crippen LogP contribution in [0.25, 0.3) is 0 Å². The molecular formula is C14H22N2S. The van der Waals surface area contributed by atoms with Crippen LogP contribution in [-0.4, -0.2) is 18.1 Å². The molecule has 0 bridgehead atoms. The van der Waals surface area contributed by atoms with Gasteiger partial charge in [-0.05, 0) is 57.4 Å². The van der Waals surface area contributed by atoms with Crippen LogP contribution in [0.3, 0.4) is 0 Å². The fourth-order valence-electron chi connectivity index (χ4n) is 3.12. The second-order valence-corrected chi connectivity index (χ2v) is 6.68. The van der Waals surface area contributed by atoms with Gasteiger partial charge in [0.05, 0.1) is 5.01 Å². The monoisotopic (exact) mass is 250 g/mol. The summed E-state index contributed by atoms with van der Waals surface area (Å²) in [4.78, 5) is 4.62. The first kappa shape index (κ1) is 11.7. The number of aromatic nitrogens is 1. The Morgan fingerprint density at radius 2 is 2.00 bits per heavy atom. The fraction of sp³-hybridized carbons (Fsp3) is 0.786. The molecule has 0 spiro atoms. The zero-order valence-electron chi connectivity index (χ0n) is 10.8. The summed E-state index contributed by atoms with van der Waals surface area (Å²) < 4.78 is 0. The molecule has 17 heavy (non-hydrogen) atoms. The molecule has 1 aromatic rings. The van der Waals surface area contributed by atoms with Gasteiger partial charge < -0.3 is 5.32 Å². The quantitative estimate of drug-likeness (QED) is 0.839. The summed E-state index contributed by atoms with van der Waals surface area (Å²) in [5.74, 6) is 2.95. The van der Waals surface area contributed by atoms with Crippen molar-refractivity contribution in [2.75, 3.05) is 7.05 Å². The zero-order chi connectivity index (χ0) is 11.8. The number of thiazole rings is 1. The lowest BCUT2D eigenvalue weighted by Crippen LogP contribution is -2.38. The van der Waals surface area contributed by atoms with Gasteiger partial charge in [-0.1, -0.05) is 0 Å². The van der Waals surface area contributed by atoms with E-state index in [-0.39, 0.29) is 0 Å². The second-order valence-electron chi connectivity index (χ2n) is 5.73. The van der Waals surface area contributed by atoms with Gasteiger partial charge in [0, 0.05) is 23.5 Å². The molecule has 94 valence electrons. The van der Waals surface area contributed by atoms with Gasteiger partial charge in [0.1, 0.15) is 0 Å². The number of likely N-dealkylation sites (N-methyl/N-ethyl adjacent to an activating group) is 1. The van der Waals surface area contributed by atoms with Gasteiger partial charge in [-0.25, -0.2) is 4.98 Å². The van der Waals surface area contributed by atoms with E-state index < -0.39 is 0 Å². The normalized spacial score (nSPS) is 22.1. The summed E-state index contributed by atoms with van der Waals surface area (Å²) in [5.41, 5.74) is 1.18. The van der Waals surface area contributed by atoms with Crippen LogP contribution in [-0.2, 0) is 6.42 Å². The number of hydrogen-bond acceptors (Lipinski definition) is 3. The van der Waals surface area contributed by atoms with E-state index in [1.54, 1.807) is 0 Å². The van der Waals surface area contributed by atoms with Gasteiger partial charge in [0.15, 0.2) is 0 Å². The van der Waals surface area contributed by atoms with E-state index in [0.717, 1.165) is 24.2 Å². The zero-order valence-corrected chi connectivity index (χ0v) is 11.6. The Hall–Kier alpha value is -0.410. The molecule has 3 rings (SSSR count). The van der Waals surface area contributed by atoms with Crippen LogP contribution in [0.2, 0.25) is 0 Å². The molecule has 2 fully saturated rings. The van der Waals surface area contributed by atoms with Crippen molar-refractivity contribution in [3.63, 3.8) is 0 Å². The smallest absolute Gasteiger partial charge is 0.0943 e. The first-order valence-electron chi connectivity index (χ1n) is 6.86. The molecule has 1 N–H and O–H groups in total. The van der Waals surface area contributed by atoms with Crippen LogP contribution in [0.5, 0.6) is 0 Å². The molecule has 0 saturated heterocycles. The predicted octanol–water partition coefficient (Wildman–Crippen LogP) is 3.02. The number of rotatable bonds is 6. The van der Waals surface area contributed by atoms with Crippen molar-refractivity contribution in [2.24, 2.45) is 17.8 Å². The van der Waals surface area contributed by atoms with Crippen LogP contribution in [0.15, 0.2) is 5.38 Å². The maximum Gasteiger partial charge on any atom is 0.0943 e. The van der Waals surface area contributed by atoms with E-state index in [0.29, 0.717) is 6.04 Å². The van der Waals surface area contributed by atoms with E-state index in [2.05, 4.69) is 29.7 Å². The Morgan fingerprint density at radius 1 is 1.35 bits per heavy atom. The highest BCUT2D eigenvalue weighted by molar-refractivity contribution is 7.09. The van der Waals surface area contributed by atoms with E-state index >= 15 is 0 Å². The van der Waals surface area contributed by atoms with Gasteiger partial charge >= 0.3 is 0 Å². The van der Waals surface area contributed by atoms with Crippen LogP contribution < -0.4 is 5.32 Å². The first-order valence-corrected chi connectivity index (χ1v) is 7.74. The summed E-state index contributed by atoms with van der Waals surface area (Å²) in [7, 11) is 2.13. The van der Waals surface area contributed by atoms with Gasteiger partial charge in [0.2, 0.25) is 0 Å². The molecule has 0 radical (unpaired) electrons. The molecule has 0 aliphatic heterocycles. The van der Waals surface area contributed by atoms with Crippen molar-refractivity contribution < 1.29 is 0 Å². The lowest BCUT2D eigenvalue weighted by molar-refractivity contribution is 0.293. The predicted molar refractivity (Wildman–Crippen MR) is 72.3 cm³/mol. The summed E-state index contributed by atoms with van der Waals surface area (Å²) in [6.07, 6.45) is 7.01. The highest BCUT2D eigenvalue weighted by atomic mass is 32.1. The van der Waals surface area contributed by atoms with Crippen LogP contribution in [0.4, 0.5) is 0 Å². The van der Waals surface area contributed by atoms with E-state index in [1.165, 1.54) is 36.4 Å². The lowest BCUT2D eigenvalue weighted by atomic mass is 9.88. The van der Waals surface area contributed by atoms with Crippen molar-refractivity contribution in [1.29, 1.82) is 0 Å². The maximum absolute atomic E-state index is 4.62. The summed E-state index contributed by atoms with van der Waals surface area (Å²) in [6.45, 7) is 2.09. The highest BCUT2D eigenvalue weighted by Gasteiger charge is 2.45. The minimum Gasteiger partial charge on any atom is -0.316 e. The molecular weight excluding hydrogens is 228 g/mol. The largest absolute Gasteiger partial charge is 0.316 e. The average Bonchev–Trinajstić information content (AvgIpc) is 3.20. The van der Waals surface area contributed by atoms with Crippen LogP contribution in [0, 0.1) is 24.7 Å². The third-order valence-electron chi connectivity index (χ3n) is 4.23. The molecule has 2 aliphatic rings. The first-order chi connectivity index (χ1) is 8.28. The van der Waals surface area contributed by atoms with Crippen LogP contribution in [0.1, 0.15) is 36.4 Å². The Balaban J connectivity index is 1.68. The second kappa shape index (κ2) is 4.69. The Labute approximate surface area is 108 Å². The Bertz CT molecular complexity index is 367. The number of nitrogens with zero attached hydrogens (tertiary/aromatic N) is 1. The average molecular weight is 250 g/mol. The Kier molecular flexibility index (Phi) is 3.22. The molecule has 2 saturated carbocycles. The number of hydrogen-bond donors (Lipinski definition) is 1. The maximum atomic E-state index is 4.62. The van der Waals surface area contributed by atoms with Crippen LogP contribution >= 0.6 is 11.3 Å². The van der Waals surface area contributed by atoms with Crippen molar-refractivity contribution in [2.45, 2.75) is 45.1 Å². The van der Waals surface area contributed by atoms with E-state index in [9.17, 15) is 0 Å². The minimum atomic E-state index is 0.653. The standard InChI is InChI=1S/C14H22N2S/c1-9-8-17-13(16-9)7-12(15-2)14(10-3-4-10)11-5-6-11/h8,10-12,14-15H,3-7H2,1-2H3. The molecule has 3 heteroatoms. The summed E-state index contributed by atoms with van der Waals surface area (Å²) in [6, 6.07) is 0.653. The molecule has 0 amide bonds. The van der Waals surface area contributed by atoms with Gasteiger partial charge in [-0.15, -0.1) is 11.3 Å². The Morgan fingerprint density at radius 3 is 2.41 bits per heavy atom. The number of nitrogens with one attached hydrogen (secondary N) is 1. The molecule has 1 atom stereocenters. The van der Waals surface area contributed by atoms with Crippen molar-refractivity contribution in [3.8, 4) is 0 Å². The van der Waals surface area contributed by atoms with Gasteiger partial charge in [-0.3, -0.25) is 0 Å². The number of aryl methyl sites for hydroxylation is 1. The lowest BCUT2D eigenvalue weighted by Gasteiger charge is -2.26. The summed E-state index contributed by atoms with van der Waals surface area (Å²) in [5, 5.41) is 7.05. The summed E-state index contributed by atoms with van der Waals surface area (Å²) >= 11 is 1.82. The van der Waals surface area contributed by atoms with Crippen molar-refractivity contribution in [3.05, 3.63) is 16.1 Å².